The number of piperidine rings is 1. The molecular formula is C15H35N3O3. The van der Waals surface area contributed by atoms with Crippen molar-refractivity contribution >= 4 is 0 Å². The highest BCUT2D eigenvalue weighted by molar-refractivity contribution is 4.66. The molecule has 6 heteroatoms. The van der Waals surface area contributed by atoms with E-state index in [9.17, 15) is 0 Å². The highest BCUT2D eigenvalue weighted by Crippen LogP contribution is 1.96. The summed E-state index contributed by atoms with van der Waals surface area (Å²) in [7, 11) is 0. The van der Waals surface area contributed by atoms with Crippen molar-refractivity contribution < 1.29 is 14.9 Å². The molecule has 0 aromatic rings. The molecule has 2 fully saturated rings. The first-order chi connectivity index (χ1) is 10.3. The molecule has 6 nitrogen and oxygen atoms in total. The van der Waals surface area contributed by atoms with Crippen LogP contribution < -0.4 is 10.6 Å². The minimum absolute atomic E-state index is 0.127. The van der Waals surface area contributed by atoms with Gasteiger partial charge in [0.25, 0.3) is 0 Å². The number of hydrogen-bond acceptors (Lipinski definition) is 6. The Morgan fingerprint density at radius 3 is 1.90 bits per heavy atom. The summed E-state index contributed by atoms with van der Waals surface area (Å²) < 4.78 is 5.17. The lowest BCUT2D eigenvalue weighted by Gasteiger charge is -2.26. The van der Waals surface area contributed by atoms with Crippen LogP contribution in [0.4, 0.5) is 0 Å². The molecule has 0 radical (unpaired) electrons. The van der Waals surface area contributed by atoms with Crippen LogP contribution in [0.3, 0.4) is 0 Å². The van der Waals surface area contributed by atoms with Crippen LogP contribution in [0.2, 0.25) is 0 Å². The summed E-state index contributed by atoms with van der Waals surface area (Å²) >= 11 is 0. The molecule has 0 unspecified atom stereocenters. The zero-order valence-corrected chi connectivity index (χ0v) is 13.6. The van der Waals surface area contributed by atoms with Gasteiger partial charge in [0.15, 0.2) is 0 Å². The van der Waals surface area contributed by atoms with Crippen LogP contribution in [-0.2, 0) is 4.74 Å². The van der Waals surface area contributed by atoms with E-state index in [-0.39, 0.29) is 13.2 Å². The van der Waals surface area contributed by atoms with Gasteiger partial charge >= 0.3 is 0 Å². The van der Waals surface area contributed by atoms with E-state index < -0.39 is 0 Å². The first-order valence-corrected chi connectivity index (χ1v) is 8.28. The molecule has 2 saturated heterocycles. The van der Waals surface area contributed by atoms with Gasteiger partial charge in [-0.1, -0.05) is 6.42 Å². The van der Waals surface area contributed by atoms with Gasteiger partial charge in [0.05, 0.1) is 19.8 Å². The van der Waals surface area contributed by atoms with Gasteiger partial charge < -0.3 is 25.6 Å². The molecule has 0 aromatic carbocycles. The third-order valence-electron chi connectivity index (χ3n) is 3.20. The minimum atomic E-state index is 0.127. The predicted molar refractivity (Wildman–Crippen MR) is 86.7 cm³/mol. The first-order valence-electron chi connectivity index (χ1n) is 8.28. The van der Waals surface area contributed by atoms with Crippen molar-refractivity contribution in [1.29, 1.82) is 0 Å². The third-order valence-corrected chi connectivity index (χ3v) is 3.20. The second-order valence-corrected chi connectivity index (χ2v) is 5.05. The fraction of sp³-hybridized carbons (Fsp3) is 1.00. The van der Waals surface area contributed by atoms with Gasteiger partial charge in [-0.25, -0.2) is 0 Å². The van der Waals surface area contributed by atoms with Crippen molar-refractivity contribution in [2.45, 2.75) is 26.2 Å². The van der Waals surface area contributed by atoms with Crippen LogP contribution in [0.5, 0.6) is 0 Å². The maximum Gasteiger partial charge on any atom is 0.0698 e. The molecule has 2 rings (SSSR count). The van der Waals surface area contributed by atoms with E-state index in [1.54, 1.807) is 6.92 Å². The lowest BCUT2D eigenvalue weighted by atomic mass is 10.2. The molecular weight excluding hydrogens is 270 g/mol. The molecule has 2 aliphatic rings. The highest BCUT2D eigenvalue weighted by Gasteiger charge is 2.07. The highest BCUT2D eigenvalue weighted by atomic mass is 16.5. The number of aliphatic hydroxyl groups is 2. The maximum atomic E-state index is 8.45. The summed E-state index contributed by atoms with van der Waals surface area (Å²) in [5, 5.41) is 22.6. The van der Waals surface area contributed by atoms with E-state index in [2.05, 4.69) is 15.5 Å². The number of ether oxygens (including phenoxy) is 1. The average Bonchev–Trinajstić information content (AvgIpc) is 2.56. The van der Waals surface area contributed by atoms with E-state index in [1.165, 1.54) is 32.4 Å². The molecule has 2 heterocycles. The Kier molecular flexibility index (Phi) is 17.6. The van der Waals surface area contributed by atoms with Crippen LogP contribution in [-0.4, -0.2) is 87.4 Å². The quantitative estimate of drug-likeness (QED) is 0.521. The Labute approximate surface area is 129 Å². The van der Waals surface area contributed by atoms with E-state index in [1.807, 2.05) is 0 Å². The van der Waals surface area contributed by atoms with Gasteiger partial charge in [0.2, 0.25) is 0 Å². The van der Waals surface area contributed by atoms with Crippen LogP contribution in [0.15, 0.2) is 0 Å². The molecule has 0 atom stereocenters. The summed E-state index contributed by atoms with van der Waals surface area (Å²) in [4.78, 5) is 2.37. The summed E-state index contributed by atoms with van der Waals surface area (Å²) in [5.74, 6) is 0. The lowest BCUT2D eigenvalue weighted by Crippen LogP contribution is -2.44. The van der Waals surface area contributed by atoms with Crippen LogP contribution >= 0.6 is 0 Å². The summed E-state index contributed by atoms with van der Waals surface area (Å²) in [6, 6.07) is 0. The van der Waals surface area contributed by atoms with Gasteiger partial charge in [-0.05, 0) is 32.9 Å². The summed E-state index contributed by atoms with van der Waals surface area (Å²) in [6.45, 7) is 11.1. The van der Waals surface area contributed by atoms with Crippen molar-refractivity contribution in [3.8, 4) is 0 Å². The Morgan fingerprint density at radius 1 is 0.905 bits per heavy atom. The molecule has 0 amide bonds. The van der Waals surface area contributed by atoms with E-state index >= 15 is 0 Å². The zero-order valence-electron chi connectivity index (χ0n) is 13.6. The van der Waals surface area contributed by atoms with Crippen LogP contribution in [0.1, 0.15) is 26.2 Å². The molecule has 128 valence electrons. The molecule has 0 aromatic heterocycles. The monoisotopic (exact) mass is 305 g/mol. The Morgan fingerprint density at radius 2 is 1.48 bits per heavy atom. The largest absolute Gasteiger partial charge is 0.397 e. The van der Waals surface area contributed by atoms with Crippen molar-refractivity contribution in [1.82, 2.24) is 15.5 Å². The van der Waals surface area contributed by atoms with Gasteiger partial charge in [0.1, 0.15) is 0 Å². The van der Waals surface area contributed by atoms with Gasteiger partial charge in [-0.2, -0.15) is 0 Å². The molecule has 0 saturated carbocycles. The maximum absolute atomic E-state index is 8.45. The van der Waals surface area contributed by atoms with Crippen molar-refractivity contribution in [3.05, 3.63) is 0 Å². The summed E-state index contributed by atoms with van der Waals surface area (Å²) in [6.07, 6.45) is 4.22. The number of nitrogens with zero attached hydrogens (tertiary/aromatic N) is 1. The second-order valence-electron chi connectivity index (χ2n) is 5.05. The van der Waals surface area contributed by atoms with Gasteiger partial charge in [-0.15, -0.1) is 0 Å². The normalized spacial score (nSPS) is 19.0. The number of hydrogen-bond donors (Lipinski definition) is 4. The van der Waals surface area contributed by atoms with Crippen molar-refractivity contribution in [2.75, 3.05) is 72.2 Å². The van der Waals surface area contributed by atoms with E-state index in [0.717, 1.165) is 39.3 Å². The summed E-state index contributed by atoms with van der Waals surface area (Å²) in [5.41, 5.74) is 0. The topological polar surface area (TPSA) is 77.0 Å². The Bertz CT molecular complexity index is 175. The fourth-order valence-corrected chi connectivity index (χ4v) is 2.10. The van der Waals surface area contributed by atoms with Crippen molar-refractivity contribution in [3.63, 3.8) is 0 Å². The molecule has 4 N–H and O–H groups in total. The molecule has 0 bridgehead atoms. The second kappa shape index (κ2) is 17.8. The third kappa shape index (κ3) is 16.0. The van der Waals surface area contributed by atoms with Crippen LogP contribution in [0.25, 0.3) is 0 Å². The van der Waals surface area contributed by atoms with E-state index in [0.29, 0.717) is 6.61 Å². The van der Waals surface area contributed by atoms with E-state index in [4.69, 9.17) is 14.9 Å². The number of nitrogens with one attached hydrogen (secondary N) is 2. The number of piperazine rings is 1. The average molecular weight is 305 g/mol. The SMILES string of the molecule is C1CCNCC1.CCO.OCCOCCN1CCNCC1. The zero-order chi connectivity index (χ0) is 15.6. The lowest BCUT2D eigenvalue weighted by molar-refractivity contribution is 0.0710. The van der Waals surface area contributed by atoms with Crippen molar-refractivity contribution in [2.24, 2.45) is 0 Å². The number of aliphatic hydroxyl groups excluding tert-OH is 2. The number of rotatable bonds is 5. The molecule has 0 spiro atoms. The smallest absolute Gasteiger partial charge is 0.0698 e. The Hall–Kier alpha value is -0.240. The first kappa shape index (κ1) is 20.8. The molecule has 0 aliphatic carbocycles. The van der Waals surface area contributed by atoms with Gasteiger partial charge in [-0.3, -0.25) is 4.90 Å². The fourth-order valence-electron chi connectivity index (χ4n) is 2.10. The minimum Gasteiger partial charge on any atom is -0.397 e. The molecule has 2 aliphatic heterocycles. The predicted octanol–water partition coefficient (Wildman–Crippen LogP) is -0.341. The van der Waals surface area contributed by atoms with Crippen LogP contribution in [0, 0.1) is 0 Å². The Balaban J connectivity index is 0.000000369. The standard InChI is InChI=1S/C8H18N2O2.C5H11N.C2H6O/c11-6-8-12-7-5-10-3-1-9-2-4-10;1-2-4-6-5-3-1;1-2-3/h9,11H,1-8H2;6H,1-5H2;3H,2H2,1H3. The molecule has 21 heavy (non-hydrogen) atoms. The van der Waals surface area contributed by atoms with Gasteiger partial charge in [0, 0.05) is 39.3 Å².